The van der Waals surface area contributed by atoms with Gasteiger partial charge in [0.1, 0.15) is 11.5 Å². The van der Waals surface area contributed by atoms with Crippen LogP contribution in [0.4, 0.5) is 4.79 Å². The molecule has 174 valence electrons. The lowest BCUT2D eigenvalue weighted by atomic mass is 10.1. The summed E-state index contributed by atoms with van der Waals surface area (Å²) in [4.78, 5) is 28.6. The van der Waals surface area contributed by atoms with Crippen molar-refractivity contribution in [2.75, 3.05) is 39.4 Å². The van der Waals surface area contributed by atoms with E-state index in [1.165, 1.54) is 0 Å². The zero-order valence-electron chi connectivity index (χ0n) is 18.9. The largest absolute Gasteiger partial charge is 0.457 e. The maximum atomic E-state index is 13.4. The molecule has 2 heterocycles. The van der Waals surface area contributed by atoms with Crippen LogP contribution in [0.15, 0.2) is 59.4 Å². The summed E-state index contributed by atoms with van der Waals surface area (Å²) >= 11 is 0. The quantitative estimate of drug-likeness (QED) is 0.533. The molecule has 0 spiro atoms. The van der Waals surface area contributed by atoms with Gasteiger partial charge in [0.25, 0.3) is 5.56 Å². The third-order valence-electron chi connectivity index (χ3n) is 5.86. The third-order valence-corrected chi connectivity index (χ3v) is 5.86. The van der Waals surface area contributed by atoms with Crippen molar-refractivity contribution in [1.82, 2.24) is 14.4 Å². The van der Waals surface area contributed by atoms with Crippen LogP contribution in [0.25, 0.3) is 10.9 Å². The Labute approximate surface area is 193 Å². The fraction of sp³-hybridized carbons (Fsp3) is 0.360. The first-order valence-electron chi connectivity index (χ1n) is 11.3. The minimum Gasteiger partial charge on any atom is -0.457 e. The Morgan fingerprint density at radius 3 is 2.45 bits per heavy atom. The number of benzene rings is 2. The molecule has 3 aromatic rings. The summed E-state index contributed by atoms with van der Waals surface area (Å²) in [6, 6.07) is 16.9. The molecular formula is C25H30N4O4. The molecule has 0 saturated carbocycles. The SMILES string of the molecule is CCOCCn1c(=O)c(CN2CCN(C(N)=O)CC2)cc2ccc(Oc3ccccc3)cc21. The van der Waals surface area contributed by atoms with Gasteiger partial charge in [-0.2, -0.15) is 0 Å². The lowest BCUT2D eigenvalue weighted by Crippen LogP contribution is -2.50. The number of hydrogen-bond acceptors (Lipinski definition) is 5. The summed E-state index contributed by atoms with van der Waals surface area (Å²) in [5.74, 6) is 1.42. The Balaban J connectivity index is 1.63. The molecule has 1 saturated heterocycles. The van der Waals surface area contributed by atoms with E-state index in [4.69, 9.17) is 15.2 Å². The highest BCUT2D eigenvalue weighted by atomic mass is 16.5. The third kappa shape index (κ3) is 5.53. The molecule has 8 heteroatoms. The second kappa shape index (κ2) is 10.5. The summed E-state index contributed by atoms with van der Waals surface area (Å²) in [6.07, 6.45) is 0. The molecule has 2 N–H and O–H groups in total. The molecule has 0 radical (unpaired) electrons. The van der Waals surface area contributed by atoms with Crippen molar-refractivity contribution in [2.24, 2.45) is 5.73 Å². The van der Waals surface area contributed by atoms with Crippen LogP contribution in [-0.2, 0) is 17.8 Å². The van der Waals surface area contributed by atoms with Crippen LogP contribution in [0, 0.1) is 0 Å². The predicted octanol–water partition coefficient (Wildman–Crippen LogP) is 3.03. The van der Waals surface area contributed by atoms with Crippen LogP contribution in [0.2, 0.25) is 0 Å². The topological polar surface area (TPSA) is 90.0 Å². The molecule has 33 heavy (non-hydrogen) atoms. The van der Waals surface area contributed by atoms with Crippen LogP contribution >= 0.6 is 0 Å². The van der Waals surface area contributed by atoms with E-state index < -0.39 is 6.03 Å². The molecule has 8 nitrogen and oxygen atoms in total. The van der Waals surface area contributed by atoms with Gasteiger partial charge in [-0.15, -0.1) is 0 Å². The Bertz CT molecular complexity index is 1150. The van der Waals surface area contributed by atoms with E-state index in [1.54, 1.807) is 9.47 Å². The average Bonchev–Trinajstić information content (AvgIpc) is 2.82. The molecule has 1 aliphatic rings. The number of urea groups is 1. The van der Waals surface area contributed by atoms with E-state index in [1.807, 2.05) is 61.5 Å². The highest BCUT2D eigenvalue weighted by molar-refractivity contribution is 5.81. The number of amides is 2. The number of pyridine rings is 1. The summed E-state index contributed by atoms with van der Waals surface area (Å²) in [7, 11) is 0. The van der Waals surface area contributed by atoms with E-state index in [-0.39, 0.29) is 5.56 Å². The number of hydrogen-bond donors (Lipinski definition) is 1. The van der Waals surface area contributed by atoms with Gasteiger partial charge in [-0.25, -0.2) is 4.79 Å². The van der Waals surface area contributed by atoms with Gasteiger partial charge in [0, 0.05) is 57.5 Å². The van der Waals surface area contributed by atoms with Crippen molar-refractivity contribution in [3.05, 3.63) is 70.5 Å². The number of nitrogens with two attached hydrogens (primary N) is 1. The first-order chi connectivity index (χ1) is 16.0. The predicted molar refractivity (Wildman–Crippen MR) is 128 cm³/mol. The second-order valence-corrected chi connectivity index (χ2v) is 8.06. The van der Waals surface area contributed by atoms with Gasteiger partial charge in [0.2, 0.25) is 0 Å². The highest BCUT2D eigenvalue weighted by Crippen LogP contribution is 2.26. The average molecular weight is 451 g/mol. The number of fused-ring (bicyclic) bond motifs is 1. The van der Waals surface area contributed by atoms with Gasteiger partial charge in [0.05, 0.1) is 12.1 Å². The summed E-state index contributed by atoms with van der Waals surface area (Å²) < 4.78 is 13.3. The second-order valence-electron chi connectivity index (χ2n) is 8.06. The maximum absolute atomic E-state index is 13.4. The van der Waals surface area contributed by atoms with E-state index in [2.05, 4.69) is 4.90 Å². The molecule has 2 amide bonds. The Morgan fingerprint density at radius 2 is 1.76 bits per heavy atom. The zero-order chi connectivity index (χ0) is 23.2. The van der Waals surface area contributed by atoms with Crippen molar-refractivity contribution in [3.8, 4) is 11.5 Å². The number of nitrogens with zero attached hydrogens (tertiary/aromatic N) is 3. The lowest BCUT2D eigenvalue weighted by molar-refractivity contribution is 0.137. The normalized spacial score (nSPS) is 14.5. The highest BCUT2D eigenvalue weighted by Gasteiger charge is 2.21. The van der Waals surface area contributed by atoms with Gasteiger partial charge in [-0.1, -0.05) is 18.2 Å². The number of ether oxygens (including phenoxy) is 2. The molecule has 1 aliphatic heterocycles. The number of para-hydroxylation sites is 1. The van der Waals surface area contributed by atoms with E-state index >= 15 is 0 Å². The van der Waals surface area contributed by atoms with Gasteiger partial charge in [-0.3, -0.25) is 9.69 Å². The molecule has 0 atom stereocenters. The van der Waals surface area contributed by atoms with Gasteiger partial charge < -0.3 is 24.7 Å². The van der Waals surface area contributed by atoms with Crippen molar-refractivity contribution < 1.29 is 14.3 Å². The summed E-state index contributed by atoms with van der Waals surface area (Å²) in [6.45, 7) is 6.49. The van der Waals surface area contributed by atoms with Crippen molar-refractivity contribution >= 4 is 16.9 Å². The van der Waals surface area contributed by atoms with Crippen LogP contribution < -0.4 is 16.0 Å². The molecule has 1 fully saturated rings. The Kier molecular flexibility index (Phi) is 7.26. The molecule has 2 aromatic carbocycles. The minimum atomic E-state index is -0.396. The van der Waals surface area contributed by atoms with Crippen molar-refractivity contribution in [2.45, 2.75) is 20.0 Å². The monoisotopic (exact) mass is 450 g/mol. The first kappa shape index (κ1) is 22.8. The number of aromatic nitrogens is 1. The standard InChI is InChI=1S/C25H30N4O4/c1-2-32-15-14-29-23-17-22(33-21-6-4-3-5-7-21)9-8-19(23)16-20(24(29)30)18-27-10-12-28(13-11-27)25(26)31/h3-9,16-17H,2,10-15,18H2,1H3,(H2,26,31). The number of piperazine rings is 1. The number of rotatable bonds is 8. The molecule has 0 aliphatic carbocycles. The molecular weight excluding hydrogens is 420 g/mol. The van der Waals surface area contributed by atoms with Crippen LogP contribution in [-0.4, -0.2) is 59.8 Å². The first-order valence-corrected chi connectivity index (χ1v) is 11.3. The molecule has 4 rings (SSSR count). The van der Waals surface area contributed by atoms with Gasteiger partial charge >= 0.3 is 6.03 Å². The fourth-order valence-corrected chi connectivity index (χ4v) is 4.10. The van der Waals surface area contributed by atoms with Crippen LogP contribution in [0.1, 0.15) is 12.5 Å². The van der Waals surface area contributed by atoms with Gasteiger partial charge in [-0.05, 0) is 42.6 Å². The van der Waals surface area contributed by atoms with Crippen LogP contribution in [0.5, 0.6) is 11.5 Å². The number of carbonyl (C=O) groups is 1. The lowest BCUT2D eigenvalue weighted by Gasteiger charge is -2.33. The van der Waals surface area contributed by atoms with Crippen molar-refractivity contribution in [3.63, 3.8) is 0 Å². The van der Waals surface area contributed by atoms with Crippen molar-refractivity contribution in [1.29, 1.82) is 0 Å². The summed E-state index contributed by atoms with van der Waals surface area (Å²) in [5.41, 5.74) is 6.89. The van der Waals surface area contributed by atoms with Gasteiger partial charge in [0.15, 0.2) is 0 Å². The van der Waals surface area contributed by atoms with E-state index in [0.717, 1.165) is 22.2 Å². The Hall–Kier alpha value is -3.36. The molecule has 1 aromatic heterocycles. The smallest absolute Gasteiger partial charge is 0.314 e. The minimum absolute atomic E-state index is 0.0311. The van der Waals surface area contributed by atoms with E-state index in [0.29, 0.717) is 58.2 Å². The van der Waals surface area contributed by atoms with E-state index in [9.17, 15) is 9.59 Å². The molecule has 0 bridgehead atoms. The molecule has 0 unspecified atom stereocenters. The fourth-order valence-electron chi connectivity index (χ4n) is 4.10. The number of carbonyl (C=O) groups excluding carboxylic acids is 1. The summed E-state index contributed by atoms with van der Waals surface area (Å²) in [5, 5.41) is 0.970. The van der Waals surface area contributed by atoms with Crippen LogP contribution in [0.3, 0.4) is 0 Å². The zero-order valence-corrected chi connectivity index (χ0v) is 18.9. The number of primary amides is 1. The Morgan fingerprint density at radius 1 is 1.00 bits per heavy atom. The maximum Gasteiger partial charge on any atom is 0.314 e.